The summed E-state index contributed by atoms with van der Waals surface area (Å²) in [4.78, 5) is 24.0. The van der Waals surface area contributed by atoms with Gasteiger partial charge in [-0.15, -0.1) is 0 Å². The first-order valence-electron chi connectivity index (χ1n) is 6.79. The molecule has 0 radical (unpaired) electrons. The number of hydrogen-bond donors (Lipinski definition) is 0. The summed E-state index contributed by atoms with van der Waals surface area (Å²) in [5, 5.41) is 0. The predicted octanol–water partition coefficient (Wildman–Crippen LogP) is 1.23. The number of fused-ring (bicyclic) bond motifs is 1. The highest BCUT2D eigenvalue weighted by molar-refractivity contribution is 7.91. The molecule has 1 aliphatic heterocycles. The van der Waals surface area contributed by atoms with E-state index in [9.17, 15) is 18.0 Å². The van der Waals surface area contributed by atoms with E-state index in [1.165, 1.54) is 10.6 Å². The number of benzene rings is 1. The van der Waals surface area contributed by atoms with E-state index >= 15 is 0 Å². The average molecular weight is 309 g/mol. The standard InChI is InChI=1S/C14H15NO5S/c1-2-15-11-4-3-9(7-12(11)20-14(15)17)13(16)10-5-6-21(18,19)8-10/h3-4,7,10H,2,5-6,8H2,1H3. The van der Waals surface area contributed by atoms with Crippen LogP contribution in [0.5, 0.6) is 0 Å². The second kappa shape index (κ2) is 4.84. The maximum Gasteiger partial charge on any atom is 0.419 e. The Morgan fingerprint density at radius 3 is 2.81 bits per heavy atom. The van der Waals surface area contributed by atoms with E-state index in [1.54, 1.807) is 12.1 Å². The van der Waals surface area contributed by atoms with E-state index < -0.39 is 21.5 Å². The molecule has 1 atom stereocenters. The Labute approximate surface area is 121 Å². The molecule has 0 N–H and O–H groups in total. The number of oxazole rings is 1. The number of rotatable bonds is 3. The molecule has 2 heterocycles. The monoisotopic (exact) mass is 309 g/mol. The molecule has 1 unspecified atom stereocenters. The van der Waals surface area contributed by atoms with Crippen LogP contribution in [0.15, 0.2) is 27.4 Å². The van der Waals surface area contributed by atoms with Crippen molar-refractivity contribution < 1.29 is 17.6 Å². The van der Waals surface area contributed by atoms with Crippen LogP contribution in [0.4, 0.5) is 0 Å². The smallest absolute Gasteiger partial charge is 0.408 e. The Kier molecular flexibility index (Phi) is 3.24. The van der Waals surface area contributed by atoms with Gasteiger partial charge in [-0.25, -0.2) is 13.2 Å². The van der Waals surface area contributed by atoms with Crippen LogP contribution in [0.25, 0.3) is 11.1 Å². The van der Waals surface area contributed by atoms with Crippen LogP contribution in [0, 0.1) is 5.92 Å². The van der Waals surface area contributed by atoms with Crippen LogP contribution in [0.2, 0.25) is 0 Å². The summed E-state index contributed by atoms with van der Waals surface area (Å²) >= 11 is 0. The molecule has 0 amide bonds. The number of carbonyl (C=O) groups excluding carboxylic acids is 1. The molecule has 1 aliphatic rings. The molecule has 0 spiro atoms. The fourth-order valence-electron chi connectivity index (χ4n) is 2.76. The zero-order valence-corrected chi connectivity index (χ0v) is 12.4. The third-order valence-corrected chi connectivity index (χ3v) is 5.64. The summed E-state index contributed by atoms with van der Waals surface area (Å²) in [6.07, 6.45) is 0.360. The van der Waals surface area contributed by atoms with Crippen molar-refractivity contribution in [3.8, 4) is 0 Å². The van der Waals surface area contributed by atoms with Crippen molar-refractivity contribution >= 4 is 26.7 Å². The van der Waals surface area contributed by atoms with Gasteiger partial charge in [0.15, 0.2) is 21.2 Å². The summed E-state index contributed by atoms with van der Waals surface area (Å²) in [6.45, 7) is 2.32. The molecule has 0 saturated carbocycles. The second-order valence-electron chi connectivity index (χ2n) is 5.26. The molecule has 7 heteroatoms. The highest BCUT2D eigenvalue weighted by Crippen LogP contribution is 2.24. The molecule has 6 nitrogen and oxygen atoms in total. The lowest BCUT2D eigenvalue weighted by atomic mass is 9.97. The molecule has 112 valence electrons. The Bertz CT molecular complexity index is 874. The molecule has 0 aliphatic carbocycles. The van der Waals surface area contributed by atoms with Crippen molar-refractivity contribution in [3.63, 3.8) is 0 Å². The van der Waals surface area contributed by atoms with E-state index in [0.29, 0.717) is 29.6 Å². The van der Waals surface area contributed by atoms with Crippen LogP contribution in [-0.4, -0.2) is 30.3 Å². The number of sulfone groups is 1. The number of ketones is 1. The molecule has 1 saturated heterocycles. The van der Waals surface area contributed by atoms with Crippen molar-refractivity contribution in [2.45, 2.75) is 19.9 Å². The molecule has 21 heavy (non-hydrogen) atoms. The predicted molar refractivity (Wildman–Crippen MR) is 77.2 cm³/mol. The number of aryl methyl sites for hydroxylation is 1. The van der Waals surface area contributed by atoms with E-state index in [0.717, 1.165) is 0 Å². The quantitative estimate of drug-likeness (QED) is 0.796. The topological polar surface area (TPSA) is 86.3 Å². The van der Waals surface area contributed by atoms with Crippen molar-refractivity contribution in [2.75, 3.05) is 11.5 Å². The van der Waals surface area contributed by atoms with Gasteiger partial charge in [-0.3, -0.25) is 9.36 Å². The molecular formula is C14H15NO5S. The van der Waals surface area contributed by atoms with Gasteiger partial charge >= 0.3 is 5.76 Å². The van der Waals surface area contributed by atoms with Gasteiger partial charge in [0.05, 0.1) is 17.0 Å². The first kappa shape index (κ1) is 14.1. The molecular weight excluding hydrogens is 294 g/mol. The van der Waals surface area contributed by atoms with Crippen LogP contribution in [0.1, 0.15) is 23.7 Å². The van der Waals surface area contributed by atoms with Crippen molar-refractivity contribution in [1.82, 2.24) is 4.57 Å². The van der Waals surface area contributed by atoms with Crippen molar-refractivity contribution in [1.29, 1.82) is 0 Å². The first-order chi connectivity index (χ1) is 9.91. The molecule has 1 fully saturated rings. The van der Waals surface area contributed by atoms with Gasteiger partial charge in [-0.1, -0.05) is 0 Å². The zero-order valence-electron chi connectivity index (χ0n) is 11.5. The number of aromatic nitrogens is 1. The number of Topliss-reactive ketones (excluding diaryl/α,β-unsaturated/α-hetero) is 1. The number of carbonyl (C=O) groups is 1. The molecule has 1 aromatic carbocycles. The Balaban J connectivity index is 1.98. The van der Waals surface area contributed by atoms with Crippen molar-refractivity contribution in [3.05, 3.63) is 34.3 Å². The van der Waals surface area contributed by atoms with Gasteiger partial charge in [-0.2, -0.15) is 0 Å². The fraction of sp³-hybridized carbons (Fsp3) is 0.429. The average Bonchev–Trinajstić information content (AvgIpc) is 2.95. The van der Waals surface area contributed by atoms with E-state index in [4.69, 9.17) is 4.42 Å². The third-order valence-electron chi connectivity index (χ3n) is 3.87. The fourth-order valence-corrected chi connectivity index (χ4v) is 4.50. The van der Waals surface area contributed by atoms with Gasteiger partial charge in [0.2, 0.25) is 0 Å². The minimum atomic E-state index is -3.10. The SMILES string of the molecule is CCn1c(=O)oc2cc(C(=O)C3CCS(=O)(=O)C3)ccc21. The van der Waals surface area contributed by atoms with Crippen LogP contribution in [0.3, 0.4) is 0 Å². The minimum Gasteiger partial charge on any atom is -0.408 e. The van der Waals surface area contributed by atoms with E-state index in [1.807, 2.05) is 6.92 Å². The summed E-state index contributed by atoms with van der Waals surface area (Å²) in [6, 6.07) is 4.81. The zero-order chi connectivity index (χ0) is 15.2. The van der Waals surface area contributed by atoms with E-state index in [2.05, 4.69) is 0 Å². The van der Waals surface area contributed by atoms with Gasteiger partial charge in [0.25, 0.3) is 0 Å². The number of hydrogen-bond acceptors (Lipinski definition) is 5. The van der Waals surface area contributed by atoms with E-state index in [-0.39, 0.29) is 17.3 Å². The molecule has 0 bridgehead atoms. The third kappa shape index (κ3) is 2.42. The number of nitrogens with zero attached hydrogens (tertiary/aromatic N) is 1. The Morgan fingerprint density at radius 1 is 1.43 bits per heavy atom. The molecule has 1 aromatic heterocycles. The maximum absolute atomic E-state index is 12.3. The maximum atomic E-state index is 12.3. The second-order valence-corrected chi connectivity index (χ2v) is 7.49. The summed E-state index contributed by atoms with van der Waals surface area (Å²) < 4.78 is 29.5. The van der Waals surface area contributed by atoms with Crippen molar-refractivity contribution in [2.24, 2.45) is 5.92 Å². The normalized spacial score (nSPS) is 20.9. The largest absolute Gasteiger partial charge is 0.419 e. The van der Waals surface area contributed by atoms with Crippen LogP contribution in [-0.2, 0) is 16.4 Å². The lowest BCUT2D eigenvalue weighted by molar-refractivity contribution is 0.0933. The van der Waals surface area contributed by atoms with Gasteiger partial charge in [0.1, 0.15) is 0 Å². The van der Waals surface area contributed by atoms with Gasteiger partial charge in [-0.05, 0) is 31.5 Å². The summed E-state index contributed by atoms with van der Waals surface area (Å²) in [7, 11) is -3.10. The summed E-state index contributed by atoms with van der Waals surface area (Å²) in [5.74, 6) is -1.19. The summed E-state index contributed by atoms with van der Waals surface area (Å²) in [5.41, 5.74) is 1.38. The highest BCUT2D eigenvalue weighted by atomic mass is 32.2. The lowest BCUT2D eigenvalue weighted by Crippen LogP contribution is -2.16. The van der Waals surface area contributed by atoms with Crippen LogP contribution < -0.4 is 5.76 Å². The van der Waals surface area contributed by atoms with Crippen LogP contribution >= 0.6 is 0 Å². The van der Waals surface area contributed by atoms with Gasteiger partial charge < -0.3 is 4.42 Å². The Morgan fingerprint density at radius 2 is 2.19 bits per heavy atom. The molecule has 2 aromatic rings. The minimum absolute atomic E-state index is 0.0624. The molecule has 3 rings (SSSR count). The highest BCUT2D eigenvalue weighted by Gasteiger charge is 2.33. The van der Waals surface area contributed by atoms with Gasteiger partial charge in [0, 0.05) is 18.0 Å². The Hall–Kier alpha value is -1.89. The first-order valence-corrected chi connectivity index (χ1v) is 8.61. The lowest BCUT2D eigenvalue weighted by Gasteiger charge is -2.06.